The van der Waals surface area contributed by atoms with Crippen LogP contribution >= 0.6 is 0 Å². The third-order valence-corrected chi connectivity index (χ3v) is 3.18. The molecule has 0 aromatic carbocycles. The fraction of sp³-hybridized carbons (Fsp3) is 1.00. The van der Waals surface area contributed by atoms with Gasteiger partial charge in [-0.2, -0.15) is 0 Å². The smallest absolute Gasteiger partial charge is 0.0644 e. The molecule has 0 aromatic heterocycles. The molecule has 0 heterocycles. The van der Waals surface area contributed by atoms with Crippen LogP contribution < -0.4 is 5.32 Å². The van der Waals surface area contributed by atoms with E-state index in [2.05, 4.69) is 46.9 Å². The van der Waals surface area contributed by atoms with Crippen LogP contribution in [0.15, 0.2) is 0 Å². The molecule has 104 valence electrons. The summed E-state index contributed by atoms with van der Waals surface area (Å²) in [6.45, 7) is 15.5. The van der Waals surface area contributed by atoms with Gasteiger partial charge in [0.05, 0.1) is 12.2 Å². The summed E-state index contributed by atoms with van der Waals surface area (Å²) in [4.78, 5) is 0. The van der Waals surface area contributed by atoms with Crippen LogP contribution in [0.25, 0.3) is 0 Å². The van der Waals surface area contributed by atoms with Gasteiger partial charge in [-0.1, -0.05) is 27.7 Å². The molecule has 0 aliphatic heterocycles. The Balaban J connectivity index is 3.91. The molecular formula is C14H31NO2. The van der Waals surface area contributed by atoms with Crippen LogP contribution in [0.3, 0.4) is 0 Å². The highest BCUT2D eigenvalue weighted by molar-refractivity contribution is 4.79. The van der Waals surface area contributed by atoms with Crippen molar-refractivity contribution in [1.29, 1.82) is 0 Å². The topological polar surface area (TPSA) is 30.5 Å². The van der Waals surface area contributed by atoms with Crippen molar-refractivity contribution in [2.45, 2.75) is 59.6 Å². The molecule has 1 unspecified atom stereocenters. The largest absolute Gasteiger partial charge is 0.380 e. The number of methoxy groups -OCH3 is 1. The zero-order chi connectivity index (χ0) is 13.5. The van der Waals surface area contributed by atoms with Gasteiger partial charge in [0.15, 0.2) is 0 Å². The Morgan fingerprint density at radius 1 is 1.12 bits per heavy atom. The van der Waals surface area contributed by atoms with Crippen molar-refractivity contribution in [3.63, 3.8) is 0 Å². The van der Waals surface area contributed by atoms with Gasteiger partial charge in [0.2, 0.25) is 0 Å². The molecule has 0 aliphatic carbocycles. The first kappa shape index (κ1) is 16.9. The molecule has 3 heteroatoms. The van der Waals surface area contributed by atoms with Crippen LogP contribution in [0.5, 0.6) is 0 Å². The summed E-state index contributed by atoms with van der Waals surface area (Å²) >= 11 is 0. The summed E-state index contributed by atoms with van der Waals surface area (Å²) in [5, 5.41) is 3.48. The van der Waals surface area contributed by atoms with Crippen molar-refractivity contribution in [1.82, 2.24) is 5.32 Å². The lowest BCUT2D eigenvalue weighted by atomic mass is 9.87. The van der Waals surface area contributed by atoms with Crippen molar-refractivity contribution in [3.05, 3.63) is 0 Å². The van der Waals surface area contributed by atoms with E-state index in [-0.39, 0.29) is 11.0 Å². The van der Waals surface area contributed by atoms with Crippen molar-refractivity contribution < 1.29 is 9.47 Å². The Bertz CT molecular complexity index is 197. The number of ether oxygens (including phenoxy) is 2. The van der Waals surface area contributed by atoms with E-state index in [9.17, 15) is 0 Å². The molecule has 0 fully saturated rings. The molecule has 3 nitrogen and oxygen atoms in total. The molecule has 1 atom stereocenters. The Hall–Kier alpha value is -0.120. The van der Waals surface area contributed by atoms with Crippen molar-refractivity contribution in [3.8, 4) is 0 Å². The number of likely N-dealkylation sites (N-methyl/N-ethyl adjacent to an activating group) is 1. The predicted octanol–water partition coefficient (Wildman–Crippen LogP) is 2.84. The quantitative estimate of drug-likeness (QED) is 0.667. The molecule has 0 radical (unpaired) electrons. The van der Waals surface area contributed by atoms with Gasteiger partial charge in [0.25, 0.3) is 0 Å². The van der Waals surface area contributed by atoms with Crippen LogP contribution in [-0.2, 0) is 9.47 Å². The highest BCUT2D eigenvalue weighted by Crippen LogP contribution is 2.20. The van der Waals surface area contributed by atoms with Gasteiger partial charge >= 0.3 is 0 Å². The molecule has 0 saturated heterocycles. The Labute approximate surface area is 107 Å². The highest BCUT2D eigenvalue weighted by atomic mass is 16.5. The number of rotatable bonds is 8. The fourth-order valence-corrected chi connectivity index (χ4v) is 1.48. The second kappa shape index (κ2) is 7.34. The average molecular weight is 245 g/mol. The molecule has 0 aromatic rings. The summed E-state index contributed by atoms with van der Waals surface area (Å²) in [5.74, 6) is 0. The maximum Gasteiger partial charge on any atom is 0.0644 e. The van der Waals surface area contributed by atoms with Crippen LogP contribution in [0.4, 0.5) is 0 Å². The fourth-order valence-electron chi connectivity index (χ4n) is 1.48. The second-order valence-corrected chi connectivity index (χ2v) is 6.27. The minimum absolute atomic E-state index is 0.0879. The summed E-state index contributed by atoms with van der Waals surface area (Å²) < 4.78 is 11.1. The lowest BCUT2D eigenvalue weighted by Gasteiger charge is -2.31. The van der Waals surface area contributed by atoms with E-state index in [1.165, 1.54) is 0 Å². The summed E-state index contributed by atoms with van der Waals surface area (Å²) in [6, 6.07) is 0.401. The third kappa shape index (κ3) is 7.74. The first-order valence-electron chi connectivity index (χ1n) is 6.59. The standard InChI is InChI=1S/C14H31NO2/c1-8-15-12(13(2,3)4)11-17-10-9-14(5,6)16-7/h12,15H,8-11H2,1-7H3. The van der Waals surface area contributed by atoms with E-state index in [0.29, 0.717) is 6.04 Å². The van der Waals surface area contributed by atoms with Crippen LogP contribution in [0, 0.1) is 5.41 Å². The summed E-state index contributed by atoms with van der Waals surface area (Å²) in [7, 11) is 1.75. The van der Waals surface area contributed by atoms with Gasteiger partial charge in [-0.15, -0.1) is 0 Å². The summed E-state index contributed by atoms with van der Waals surface area (Å²) in [6.07, 6.45) is 0.923. The van der Waals surface area contributed by atoms with Gasteiger partial charge in [-0.25, -0.2) is 0 Å². The zero-order valence-corrected chi connectivity index (χ0v) is 12.7. The first-order valence-corrected chi connectivity index (χ1v) is 6.59. The molecule has 0 rings (SSSR count). The molecule has 17 heavy (non-hydrogen) atoms. The Morgan fingerprint density at radius 3 is 2.12 bits per heavy atom. The van der Waals surface area contributed by atoms with Crippen molar-refractivity contribution in [2.75, 3.05) is 26.9 Å². The molecule has 0 amide bonds. The molecule has 0 bridgehead atoms. The number of nitrogens with one attached hydrogen (secondary N) is 1. The molecular weight excluding hydrogens is 214 g/mol. The minimum atomic E-state index is -0.0879. The first-order chi connectivity index (χ1) is 7.73. The van der Waals surface area contributed by atoms with Gasteiger partial charge in [-0.3, -0.25) is 0 Å². The highest BCUT2D eigenvalue weighted by Gasteiger charge is 2.24. The van der Waals surface area contributed by atoms with E-state index in [0.717, 1.165) is 26.2 Å². The maximum absolute atomic E-state index is 5.77. The Morgan fingerprint density at radius 2 is 1.71 bits per heavy atom. The molecule has 0 saturated carbocycles. The second-order valence-electron chi connectivity index (χ2n) is 6.27. The molecule has 0 aliphatic rings. The van der Waals surface area contributed by atoms with Crippen LogP contribution in [0.1, 0.15) is 48.0 Å². The van der Waals surface area contributed by atoms with Gasteiger partial charge in [-0.05, 0) is 32.2 Å². The van der Waals surface area contributed by atoms with Crippen LogP contribution in [-0.4, -0.2) is 38.5 Å². The molecule has 0 spiro atoms. The van der Waals surface area contributed by atoms with Gasteiger partial charge in [0, 0.05) is 19.8 Å². The van der Waals surface area contributed by atoms with Crippen LogP contribution in [0.2, 0.25) is 0 Å². The van der Waals surface area contributed by atoms with E-state index in [1.807, 2.05) is 0 Å². The lowest BCUT2D eigenvalue weighted by molar-refractivity contribution is -0.0164. The monoisotopic (exact) mass is 245 g/mol. The average Bonchev–Trinajstić information content (AvgIpc) is 2.21. The minimum Gasteiger partial charge on any atom is -0.380 e. The summed E-state index contributed by atoms with van der Waals surface area (Å²) in [5.41, 5.74) is 0.141. The number of hydrogen-bond donors (Lipinski definition) is 1. The third-order valence-electron chi connectivity index (χ3n) is 3.18. The predicted molar refractivity (Wildman–Crippen MR) is 73.4 cm³/mol. The van der Waals surface area contributed by atoms with E-state index >= 15 is 0 Å². The maximum atomic E-state index is 5.77. The van der Waals surface area contributed by atoms with E-state index in [1.54, 1.807) is 7.11 Å². The van der Waals surface area contributed by atoms with E-state index < -0.39 is 0 Å². The SMILES string of the molecule is CCNC(COCCC(C)(C)OC)C(C)(C)C. The lowest BCUT2D eigenvalue weighted by Crippen LogP contribution is -2.44. The van der Waals surface area contributed by atoms with Crippen molar-refractivity contribution in [2.24, 2.45) is 5.41 Å². The molecule has 1 N–H and O–H groups in total. The zero-order valence-electron chi connectivity index (χ0n) is 12.7. The normalized spacial score (nSPS) is 15.0. The Kier molecular flexibility index (Phi) is 7.29. The number of hydrogen-bond acceptors (Lipinski definition) is 3. The van der Waals surface area contributed by atoms with Gasteiger partial charge in [0.1, 0.15) is 0 Å². The van der Waals surface area contributed by atoms with Gasteiger partial charge < -0.3 is 14.8 Å². The van der Waals surface area contributed by atoms with E-state index in [4.69, 9.17) is 9.47 Å². The van der Waals surface area contributed by atoms with Crippen molar-refractivity contribution >= 4 is 0 Å².